The number of hydrogen-bond acceptors (Lipinski definition) is 3. The van der Waals surface area contributed by atoms with E-state index in [2.05, 4.69) is 5.32 Å². The second kappa shape index (κ2) is 5.43. The molecular weight excluding hydrogens is 254 g/mol. The Balaban J connectivity index is 2.28. The van der Waals surface area contributed by atoms with Crippen LogP contribution < -0.4 is 5.32 Å². The molecule has 2 rings (SSSR count). The van der Waals surface area contributed by atoms with Crippen LogP contribution in [-0.2, 0) is 6.54 Å². The van der Waals surface area contributed by atoms with Crippen molar-refractivity contribution < 1.29 is 13.7 Å². The third kappa shape index (κ3) is 2.85. The molecule has 0 heterocycles. The lowest BCUT2D eigenvalue weighted by molar-refractivity contribution is -0.384. The molecule has 0 fully saturated rings. The summed E-state index contributed by atoms with van der Waals surface area (Å²) >= 11 is 0. The molecule has 19 heavy (non-hydrogen) atoms. The Kier molecular flexibility index (Phi) is 3.70. The molecule has 0 amide bonds. The predicted octanol–water partition coefficient (Wildman–Crippen LogP) is 3.49. The van der Waals surface area contributed by atoms with Gasteiger partial charge in [-0.25, -0.2) is 8.78 Å². The number of benzene rings is 2. The number of nitro benzene ring substituents is 1. The molecule has 98 valence electrons. The summed E-state index contributed by atoms with van der Waals surface area (Å²) in [6, 6.07) is 10.6. The fourth-order valence-electron chi connectivity index (χ4n) is 1.65. The zero-order valence-electron chi connectivity index (χ0n) is 9.77. The lowest BCUT2D eigenvalue weighted by Crippen LogP contribution is -2.06. The molecule has 0 saturated heterocycles. The van der Waals surface area contributed by atoms with Crippen molar-refractivity contribution >= 4 is 11.4 Å². The maximum Gasteiger partial charge on any atom is 0.295 e. The summed E-state index contributed by atoms with van der Waals surface area (Å²) in [5.74, 6) is -2.37. The molecule has 0 radical (unpaired) electrons. The zero-order valence-corrected chi connectivity index (χ0v) is 9.77. The van der Waals surface area contributed by atoms with Gasteiger partial charge in [0.2, 0.25) is 0 Å². The molecule has 0 aliphatic heterocycles. The van der Waals surface area contributed by atoms with Gasteiger partial charge in [-0.3, -0.25) is 10.1 Å². The summed E-state index contributed by atoms with van der Waals surface area (Å²) in [5.41, 5.74) is -0.121. The Labute approximate surface area is 107 Å². The summed E-state index contributed by atoms with van der Waals surface area (Å²) in [4.78, 5) is 10.0. The second-order valence-electron chi connectivity index (χ2n) is 3.85. The van der Waals surface area contributed by atoms with Crippen molar-refractivity contribution in [2.24, 2.45) is 0 Å². The van der Waals surface area contributed by atoms with Gasteiger partial charge in [-0.2, -0.15) is 0 Å². The van der Waals surface area contributed by atoms with Crippen molar-refractivity contribution in [2.75, 3.05) is 5.32 Å². The highest BCUT2D eigenvalue weighted by Gasteiger charge is 2.21. The van der Waals surface area contributed by atoms with Gasteiger partial charge in [0.25, 0.3) is 5.69 Å². The summed E-state index contributed by atoms with van der Waals surface area (Å²) < 4.78 is 26.7. The summed E-state index contributed by atoms with van der Waals surface area (Å²) in [6.07, 6.45) is 0. The van der Waals surface area contributed by atoms with Crippen LogP contribution in [-0.4, -0.2) is 4.92 Å². The van der Waals surface area contributed by atoms with E-state index in [1.165, 1.54) is 0 Å². The van der Waals surface area contributed by atoms with E-state index in [1.807, 2.05) is 6.07 Å². The highest BCUT2D eigenvalue weighted by atomic mass is 19.2. The molecule has 6 heteroatoms. The third-order valence-corrected chi connectivity index (χ3v) is 2.58. The molecule has 0 atom stereocenters. The van der Waals surface area contributed by atoms with E-state index in [9.17, 15) is 18.9 Å². The Morgan fingerprint density at radius 1 is 1.11 bits per heavy atom. The first-order valence-corrected chi connectivity index (χ1v) is 5.50. The maximum atomic E-state index is 13.6. The van der Waals surface area contributed by atoms with Crippen LogP contribution in [0.2, 0.25) is 0 Å². The fraction of sp³-hybridized carbons (Fsp3) is 0.0769. The number of nitro groups is 1. The zero-order chi connectivity index (χ0) is 13.8. The standard InChI is InChI=1S/C13H10F2N2O2/c14-10-6-7-11(17(18)19)13(12(10)15)16-8-9-4-2-1-3-5-9/h1-7,16H,8H2. The molecular formula is C13H10F2N2O2. The van der Waals surface area contributed by atoms with Crippen LogP contribution >= 0.6 is 0 Å². The normalized spacial score (nSPS) is 10.2. The van der Waals surface area contributed by atoms with Gasteiger partial charge in [-0.1, -0.05) is 30.3 Å². The first kappa shape index (κ1) is 12.9. The van der Waals surface area contributed by atoms with E-state index >= 15 is 0 Å². The Morgan fingerprint density at radius 3 is 2.42 bits per heavy atom. The van der Waals surface area contributed by atoms with Crippen molar-refractivity contribution in [1.29, 1.82) is 0 Å². The van der Waals surface area contributed by atoms with E-state index in [4.69, 9.17) is 0 Å². The monoisotopic (exact) mass is 264 g/mol. The average Bonchev–Trinajstić information content (AvgIpc) is 2.41. The minimum absolute atomic E-state index is 0.169. The van der Waals surface area contributed by atoms with E-state index < -0.39 is 27.9 Å². The molecule has 0 unspecified atom stereocenters. The molecule has 4 nitrogen and oxygen atoms in total. The van der Waals surface area contributed by atoms with Crippen LogP contribution in [0.25, 0.3) is 0 Å². The second-order valence-corrected chi connectivity index (χ2v) is 3.85. The van der Waals surface area contributed by atoms with Crippen LogP contribution in [0.4, 0.5) is 20.2 Å². The Bertz CT molecular complexity index is 603. The predicted molar refractivity (Wildman–Crippen MR) is 66.8 cm³/mol. The van der Waals surface area contributed by atoms with Crippen LogP contribution in [0.3, 0.4) is 0 Å². The highest BCUT2D eigenvalue weighted by Crippen LogP contribution is 2.29. The molecule has 0 spiro atoms. The van der Waals surface area contributed by atoms with Gasteiger partial charge in [-0.15, -0.1) is 0 Å². The van der Waals surface area contributed by atoms with E-state index in [0.717, 1.165) is 17.7 Å². The topological polar surface area (TPSA) is 55.2 Å². The van der Waals surface area contributed by atoms with Crippen LogP contribution in [0.15, 0.2) is 42.5 Å². The smallest absolute Gasteiger partial charge is 0.295 e. The third-order valence-electron chi connectivity index (χ3n) is 2.58. The SMILES string of the molecule is O=[N+]([O-])c1ccc(F)c(F)c1NCc1ccccc1. The van der Waals surface area contributed by atoms with Crippen LogP contribution in [0.1, 0.15) is 5.56 Å². The van der Waals surface area contributed by atoms with Gasteiger partial charge in [-0.05, 0) is 11.6 Å². The maximum absolute atomic E-state index is 13.6. The van der Waals surface area contributed by atoms with E-state index in [1.54, 1.807) is 24.3 Å². The minimum atomic E-state index is -1.25. The molecule has 0 saturated carbocycles. The van der Waals surface area contributed by atoms with Gasteiger partial charge in [0.05, 0.1) is 4.92 Å². The molecule has 0 bridgehead atoms. The van der Waals surface area contributed by atoms with E-state index in [0.29, 0.717) is 0 Å². The molecule has 0 aromatic heterocycles. The molecule has 0 aliphatic rings. The van der Waals surface area contributed by atoms with Crippen molar-refractivity contribution in [3.05, 3.63) is 69.8 Å². The van der Waals surface area contributed by atoms with Crippen LogP contribution in [0.5, 0.6) is 0 Å². The molecule has 1 N–H and O–H groups in total. The molecule has 0 aliphatic carbocycles. The highest BCUT2D eigenvalue weighted by molar-refractivity contribution is 5.62. The fourth-order valence-corrected chi connectivity index (χ4v) is 1.65. The van der Waals surface area contributed by atoms with Gasteiger partial charge in [0.1, 0.15) is 0 Å². The first-order valence-electron chi connectivity index (χ1n) is 5.50. The number of nitrogens with zero attached hydrogens (tertiary/aromatic N) is 1. The largest absolute Gasteiger partial charge is 0.373 e. The van der Waals surface area contributed by atoms with Crippen molar-refractivity contribution in [1.82, 2.24) is 0 Å². The lowest BCUT2D eigenvalue weighted by Gasteiger charge is -2.08. The van der Waals surface area contributed by atoms with Gasteiger partial charge < -0.3 is 5.32 Å². The average molecular weight is 264 g/mol. The number of rotatable bonds is 4. The summed E-state index contributed by atoms with van der Waals surface area (Å²) in [5, 5.41) is 13.3. The quantitative estimate of drug-likeness (QED) is 0.679. The number of anilines is 1. The number of nitrogens with one attached hydrogen (secondary N) is 1. The number of halogens is 2. The van der Waals surface area contributed by atoms with Gasteiger partial charge in [0.15, 0.2) is 17.3 Å². The Morgan fingerprint density at radius 2 is 1.79 bits per heavy atom. The van der Waals surface area contributed by atoms with Gasteiger partial charge >= 0.3 is 0 Å². The minimum Gasteiger partial charge on any atom is -0.373 e. The number of hydrogen-bond donors (Lipinski definition) is 1. The summed E-state index contributed by atoms with van der Waals surface area (Å²) in [6.45, 7) is 0.169. The van der Waals surface area contributed by atoms with Crippen molar-refractivity contribution in [3.8, 4) is 0 Å². The Hall–Kier alpha value is -2.50. The summed E-state index contributed by atoms with van der Waals surface area (Å²) in [7, 11) is 0. The lowest BCUT2D eigenvalue weighted by atomic mass is 10.2. The first-order chi connectivity index (χ1) is 9.09. The van der Waals surface area contributed by atoms with Crippen molar-refractivity contribution in [3.63, 3.8) is 0 Å². The van der Waals surface area contributed by atoms with Gasteiger partial charge in [0, 0.05) is 12.6 Å². The van der Waals surface area contributed by atoms with Crippen LogP contribution in [0, 0.1) is 21.7 Å². The van der Waals surface area contributed by atoms with E-state index in [-0.39, 0.29) is 6.54 Å². The van der Waals surface area contributed by atoms with Crippen molar-refractivity contribution in [2.45, 2.75) is 6.54 Å². The molecule has 2 aromatic rings. The molecule has 2 aromatic carbocycles.